The van der Waals surface area contributed by atoms with Crippen LogP contribution in [0.2, 0.25) is 10.0 Å². The first-order chi connectivity index (χ1) is 11.3. The molecule has 3 aromatic rings. The third-order valence-corrected chi connectivity index (χ3v) is 4.25. The van der Waals surface area contributed by atoms with Crippen LogP contribution in [0.4, 0.5) is 5.69 Å². The predicted octanol–water partition coefficient (Wildman–Crippen LogP) is 5.35. The van der Waals surface area contributed by atoms with Crippen LogP contribution in [0.3, 0.4) is 0 Å². The molecule has 0 spiro atoms. The Bertz CT molecular complexity index is 926. The molecule has 0 atom stereocenters. The summed E-state index contributed by atoms with van der Waals surface area (Å²) < 4.78 is 2.10. The molecule has 4 nitrogen and oxygen atoms in total. The lowest BCUT2D eigenvalue weighted by atomic mass is 10.1. The monoisotopic (exact) mass is 361 g/mol. The molecule has 0 saturated carbocycles. The Morgan fingerprint density at radius 2 is 1.88 bits per heavy atom. The second-order valence-electron chi connectivity index (χ2n) is 6.57. The number of nitrogens with zero attached hydrogens (tertiary/aromatic N) is 2. The largest absolute Gasteiger partial charge is 0.325 e. The highest BCUT2D eigenvalue weighted by Gasteiger charge is 2.17. The molecule has 2 aromatic carbocycles. The smallest absolute Gasteiger partial charge is 0.257 e. The number of fused-ring (bicyclic) bond motifs is 1. The van der Waals surface area contributed by atoms with Gasteiger partial charge < -0.3 is 9.88 Å². The molecule has 0 aliphatic carbocycles. The van der Waals surface area contributed by atoms with Crippen molar-refractivity contribution in [2.24, 2.45) is 0 Å². The molecular formula is C18H17Cl2N3O. The van der Waals surface area contributed by atoms with Crippen LogP contribution in [0.15, 0.2) is 42.7 Å². The summed E-state index contributed by atoms with van der Waals surface area (Å²) in [7, 11) is 0. The minimum absolute atomic E-state index is 0.0592. The van der Waals surface area contributed by atoms with Crippen molar-refractivity contribution >= 4 is 45.8 Å². The van der Waals surface area contributed by atoms with Gasteiger partial charge in [0.2, 0.25) is 0 Å². The molecule has 0 radical (unpaired) electrons. The van der Waals surface area contributed by atoms with Crippen LogP contribution in [-0.4, -0.2) is 15.5 Å². The number of anilines is 1. The Labute approximate surface area is 150 Å². The first-order valence-electron chi connectivity index (χ1n) is 7.50. The molecular weight excluding hydrogens is 345 g/mol. The molecule has 0 saturated heterocycles. The number of benzene rings is 2. The quantitative estimate of drug-likeness (QED) is 0.668. The predicted molar refractivity (Wildman–Crippen MR) is 99.1 cm³/mol. The van der Waals surface area contributed by atoms with E-state index in [1.807, 2.05) is 24.5 Å². The molecule has 6 heteroatoms. The fourth-order valence-corrected chi connectivity index (χ4v) is 2.99. The van der Waals surface area contributed by atoms with Crippen LogP contribution in [0.1, 0.15) is 31.1 Å². The Morgan fingerprint density at radius 3 is 2.54 bits per heavy atom. The zero-order valence-electron chi connectivity index (χ0n) is 13.6. The van der Waals surface area contributed by atoms with Gasteiger partial charge in [0.05, 0.1) is 27.9 Å². The molecule has 0 unspecified atom stereocenters. The van der Waals surface area contributed by atoms with Crippen molar-refractivity contribution in [3.8, 4) is 0 Å². The summed E-state index contributed by atoms with van der Waals surface area (Å²) in [6, 6.07) is 10.4. The Kier molecular flexibility index (Phi) is 4.28. The summed E-state index contributed by atoms with van der Waals surface area (Å²) in [6.45, 7) is 6.35. The lowest BCUT2D eigenvalue weighted by Gasteiger charge is -2.21. The van der Waals surface area contributed by atoms with Crippen molar-refractivity contribution in [3.63, 3.8) is 0 Å². The number of hydrogen-bond donors (Lipinski definition) is 1. The Balaban J connectivity index is 1.89. The van der Waals surface area contributed by atoms with Crippen molar-refractivity contribution in [2.45, 2.75) is 26.3 Å². The molecule has 1 amide bonds. The first-order valence-corrected chi connectivity index (χ1v) is 8.25. The highest BCUT2D eigenvalue weighted by molar-refractivity contribution is 6.37. The molecule has 1 heterocycles. The Morgan fingerprint density at radius 1 is 1.12 bits per heavy atom. The van der Waals surface area contributed by atoms with Gasteiger partial charge in [-0.3, -0.25) is 4.79 Å². The summed E-state index contributed by atoms with van der Waals surface area (Å²) in [6.07, 6.45) is 1.81. The summed E-state index contributed by atoms with van der Waals surface area (Å²) in [5.74, 6) is -0.286. The van der Waals surface area contributed by atoms with E-state index in [1.165, 1.54) is 0 Å². The van der Waals surface area contributed by atoms with Gasteiger partial charge in [0.25, 0.3) is 5.91 Å². The standard InChI is InChI=1S/C18H17Cl2N3O/c1-18(2,3)23-10-21-15-9-12(5-7-16(15)23)22-17(24)13-6-4-11(19)8-14(13)20/h4-10H,1-3H3,(H,22,24). The van der Waals surface area contributed by atoms with E-state index in [0.29, 0.717) is 21.3 Å². The molecule has 1 N–H and O–H groups in total. The van der Waals surface area contributed by atoms with Gasteiger partial charge in [-0.1, -0.05) is 23.2 Å². The van der Waals surface area contributed by atoms with Gasteiger partial charge in [-0.2, -0.15) is 0 Å². The summed E-state index contributed by atoms with van der Waals surface area (Å²) >= 11 is 11.9. The van der Waals surface area contributed by atoms with E-state index < -0.39 is 0 Å². The number of amides is 1. The van der Waals surface area contributed by atoms with E-state index in [2.05, 4.69) is 35.6 Å². The Hall–Kier alpha value is -2.04. The van der Waals surface area contributed by atoms with Gasteiger partial charge >= 0.3 is 0 Å². The summed E-state index contributed by atoms with van der Waals surface area (Å²) in [5, 5.41) is 3.65. The molecule has 124 valence electrons. The van der Waals surface area contributed by atoms with Crippen LogP contribution in [0.25, 0.3) is 11.0 Å². The lowest BCUT2D eigenvalue weighted by molar-refractivity contribution is 0.102. The van der Waals surface area contributed by atoms with E-state index in [1.54, 1.807) is 18.2 Å². The molecule has 0 bridgehead atoms. The van der Waals surface area contributed by atoms with Crippen LogP contribution in [0, 0.1) is 0 Å². The van der Waals surface area contributed by atoms with Gasteiger partial charge in [-0.05, 0) is 57.2 Å². The van der Waals surface area contributed by atoms with E-state index in [4.69, 9.17) is 23.2 Å². The summed E-state index contributed by atoms with van der Waals surface area (Å²) in [4.78, 5) is 16.8. The zero-order chi connectivity index (χ0) is 17.5. The maximum absolute atomic E-state index is 12.4. The third kappa shape index (κ3) is 3.25. The average Bonchev–Trinajstić information content (AvgIpc) is 2.90. The number of nitrogens with one attached hydrogen (secondary N) is 1. The second kappa shape index (κ2) is 6.11. The van der Waals surface area contributed by atoms with Gasteiger partial charge in [-0.15, -0.1) is 0 Å². The molecule has 3 rings (SSSR count). The van der Waals surface area contributed by atoms with Gasteiger partial charge in [0.1, 0.15) is 0 Å². The first kappa shape index (κ1) is 16.8. The number of rotatable bonds is 2. The molecule has 0 aliphatic heterocycles. The second-order valence-corrected chi connectivity index (χ2v) is 7.41. The van der Waals surface area contributed by atoms with Gasteiger partial charge in [0, 0.05) is 16.2 Å². The van der Waals surface area contributed by atoms with Gasteiger partial charge in [0.15, 0.2) is 0 Å². The van der Waals surface area contributed by atoms with Gasteiger partial charge in [-0.25, -0.2) is 4.98 Å². The third-order valence-electron chi connectivity index (χ3n) is 3.70. The molecule has 1 aromatic heterocycles. The van der Waals surface area contributed by atoms with Crippen LogP contribution < -0.4 is 5.32 Å². The fourth-order valence-electron chi connectivity index (χ4n) is 2.50. The van der Waals surface area contributed by atoms with Crippen molar-refractivity contribution in [3.05, 3.63) is 58.3 Å². The van der Waals surface area contributed by atoms with Crippen molar-refractivity contribution < 1.29 is 4.79 Å². The van der Waals surface area contributed by atoms with Crippen LogP contribution in [0.5, 0.6) is 0 Å². The highest BCUT2D eigenvalue weighted by atomic mass is 35.5. The lowest BCUT2D eigenvalue weighted by Crippen LogP contribution is -2.20. The molecule has 0 aliphatic rings. The number of halogens is 2. The fraction of sp³-hybridized carbons (Fsp3) is 0.222. The van der Waals surface area contributed by atoms with Crippen LogP contribution >= 0.6 is 23.2 Å². The van der Waals surface area contributed by atoms with Crippen molar-refractivity contribution in [1.82, 2.24) is 9.55 Å². The average molecular weight is 362 g/mol. The number of imidazole rings is 1. The molecule has 24 heavy (non-hydrogen) atoms. The minimum Gasteiger partial charge on any atom is -0.325 e. The normalized spacial score (nSPS) is 11.7. The number of hydrogen-bond acceptors (Lipinski definition) is 2. The summed E-state index contributed by atoms with van der Waals surface area (Å²) in [5.41, 5.74) is 2.82. The van der Waals surface area contributed by atoms with E-state index >= 15 is 0 Å². The maximum atomic E-state index is 12.4. The SMILES string of the molecule is CC(C)(C)n1cnc2cc(NC(=O)c3ccc(Cl)cc3Cl)ccc21. The number of carbonyl (C=O) groups is 1. The van der Waals surface area contributed by atoms with E-state index in [0.717, 1.165) is 11.0 Å². The van der Waals surface area contributed by atoms with E-state index in [-0.39, 0.29) is 11.4 Å². The van der Waals surface area contributed by atoms with Crippen molar-refractivity contribution in [1.29, 1.82) is 0 Å². The zero-order valence-corrected chi connectivity index (χ0v) is 15.1. The number of carbonyl (C=O) groups excluding carboxylic acids is 1. The number of aromatic nitrogens is 2. The van der Waals surface area contributed by atoms with Crippen molar-refractivity contribution in [2.75, 3.05) is 5.32 Å². The highest BCUT2D eigenvalue weighted by Crippen LogP contribution is 2.26. The topological polar surface area (TPSA) is 46.9 Å². The maximum Gasteiger partial charge on any atom is 0.257 e. The minimum atomic E-state index is -0.286. The van der Waals surface area contributed by atoms with Crippen LogP contribution in [-0.2, 0) is 5.54 Å². The van der Waals surface area contributed by atoms with E-state index in [9.17, 15) is 4.79 Å². The molecule has 0 fully saturated rings.